The zero-order valence-electron chi connectivity index (χ0n) is 6.31. The molecule has 0 amide bonds. The van der Waals surface area contributed by atoms with E-state index in [2.05, 4.69) is 40.0 Å². The molecule has 0 radical (unpaired) electrons. The number of halogens is 2. The summed E-state index contributed by atoms with van der Waals surface area (Å²) in [5.41, 5.74) is 0.946. The highest BCUT2D eigenvalue weighted by Crippen LogP contribution is 2.21. The average Bonchev–Trinajstić information content (AvgIpc) is 1.94. The summed E-state index contributed by atoms with van der Waals surface area (Å²) >= 11 is 8.94. The van der Waals surface area contributed by atoms with E-state index in [9.17, 15) is 0 Å². The molecule has 0 saturated carbocycles. The zero-order chi connectivity index (χ0) is 8.43. The predicted octanol–water partition coefficient (Wildman–Crippen LogP) is 3.02. The van der Waals surface area contributed by atoms with E-state index in [-0.39, 0.29) is 0 Å². The SMILES string of the molecule is CC(C)c1cc(Br)c(Cl)nn1. The molecule has 1 aromatic heterocycles. The number of nitrogens with zero attached hydrogens (tertiary/aromatic N) is 2. The highest BCUT2D eigenvalue weighted by molar-refractivity contribution is 9.10. The lowest BCUT2D eigenvalue weighted by Crippen LogP contribution is -1.95. The summed E-state index contributed by atoms with van der Waals surface area (Å²) in [5, 5.41) is 8.11. The van der Waals surface area contributed by atoms with Gasteiger partial charge in [0.15, 0.2) is 5.15 Å². The fraction of sp³-hybridized carbons (Fsp3) is 0.429. The quantitative estimate of drug-likeness (QED) is 0.748. The maximum Gasteiger partial charge on any atom is 0.165 e. The second kappa shape index (κ2) is 3.50. The molecule has 1 aromatic rings. The predicted molar refractivity (Wildman–Crippen MR) is 48.8 cm³/mol. The average molecular weight is 236 g/mol. The first-order valence-corrected chi connectivity index (χ1v) is 4.47. The van der Waals surface area contributed by atoms with E-state index in [0.717, 1.165) is 10.2 Å². The highest BCUT2D eigenvalue weighted by Gasteiger charge is 2.04. The number of hydrogen-bond acceptors (Lipinski definition) is 2. The molecule has 0 fully saturated rings. The second-order valence-corrected chi connectivity index (χ2v) is 3.78. The van der Waals surface area contributed by atoms with Crippen LogP contribution < -0.4 is 0 Å². The van der Waals surface area contributed by atoms with Crippen LogP contribution in [0.2, 0.25) is 5.15 Å². The Morgan fingerprint density at radius 2 is 2.09 bits per heavy atom. The van der Waals surface area contributed by atoms with Gasteiger partial charge in [-0.1, -0.05) is 25.4 Å². The van der Waals surface area contributed by atoms with E-state index in [0.29, 0.717) is 11.1 Å². The van der Waals surface area contributed by atoms with Crippen LogP contribution in [0.4, 0.5) is 0 Å². The minimum absolute atomic E-state index is 0.385. The first-order chi connectivity index (χ1) is 5.11. The van der Waals surface area contributed by atoms with E-state index in [1.165, 1.54) is 0 Å². The Morgan fingerprint density at radius 1 is 1.45 bits per heavy atom. The maximum atomic E-state index is 5.66. The summed E-state index contributed by atoms with van der Waals surface area (Å²) in [6, 6.07) is 1.89. The number of rotatable bonds is 1. The van der Waals surface area contributed by atoms with Crippen LogP contribution in [-0.2, 0) is 0 Å². The molecular weight excluding hydrogens is 227 g/mol. The van der Waals surface area contributed by atoms with Crippen LogP contribution in [0.3, 0.4) is 0 Å². The largest absolute Gasteiger partial charge is 0.165 e. The molecular formula is C7H8BrClN2. The zero-order valence-corrected chi connectivity index (χ0v) is 8.65. The molecule has 0 aliphatic heterocycles. The molecule has 60 valence electrons. The van der Waals surface area contributed by atoms with Gasteiger partial charge in [-0.05, 0) is 27.9 Å². The summed E-state index contributed by atoms with van der Waals surface area (Å²) in [4.78, 5) is 0. The third kappa shape index (κ3) is 2.14. The van der Waals surface area contributed by atoms with Gasteiger partial charge in [-0.25, -0.2) is 0 Å². The molecule has 2 nitrogen and oxygen atoms in total. The van der Waals surface area contributed by atoms with Gasteiger partial charge >= 0.3 is 0 Å². The van der Waals surface area contributed by atoms with Crippen molar-refractivity contribution < 1.29 is 0 Å². The summed E-state index contributed by atoms with van der Waals surface area (Å²) in [5.74, 6) is 0.385. The Kier molecular flexibility index (Phi) is 2.84. The molecule has 0 aromatic carbocycles. The summed E-state index contributed by atoms with van der Waals surface area (Å²) in [7, 11) is 0. The van der Waals surface area contributed by atoms with Gasteiger partial charge in [-0.15, -0.1) is 5.10 Å². The fourth-order valence-electron chi connectivity index (χ4n) is 0.650. The first-order valence-electron chi connectivity index (χ1n) is 3.30. The van der Waals surface area contributed by atoms with Crippen molar-refractivity contribution in [2.24, 2.45) is 0 Å². The molecule has 0 aliphatic carbocycles. The standard InChI is InChI=1S/C7H8BrClN2/c1-4(2)6-3-5(8)7(9)11-10-6/h3-4H,1-2H3. The fourth-order valence-corrected chi connectivity index (χ4v) is 1.06. The Labute approximate surface area is 79.1 Å². The maximum absolute atomic E-state index is 5.66. The Hall–Kier alpha value is -0.150. The summed E-state index contributed by atoms with van der Waals surface area (Å²) in [6.07, 6.45) is 0. The highest BCUT2D eigenvalue weighted by atomic mass is 79.9. The van der Waals surface area contributed by atoms with Gasteiger partial charge in [0.25, 0.3) is 0 Å². The molecule has 0 saturated heterocycles. The topological polar surface area (TPSA) is 25.8 Å². The van der Waals surface area contributed by atoms with E-state index in [1.807, 2.05) is 6.07 Å². The number of hydrogen-bond donors (Lipinski definition) is 0. The Balaban J connectivity index is 3.05. The van der Waals surface area contributed by atoms with Gasteiger partial charge in [0.1, 0.15) is 0 Å². The first kappa shape index (κ1) is 8.94. The molecule has 0 unspecified atom stereocenters. The second-order valence-electron chi connectivity index (χ2n) is 2.56. The van der Waals surface area contributed by atoms with Crippen molar-refractivity contribution in [1.82, 2.24) is 10.2 Å². The van der Waals surface area contributed by atoms with Crippen molar-refractivity contribution in [3.63, 3.8) is 0 Å². The van der Waals surface area contributed by atoms with Crippen molar-refractivity contribution in [3.05, 3.63) is 21.4 Å². The molecule has 0 aliphatic rings. The van der Waals surface area contributed by atoms with Crippen molar-refractivity contribution in [2.45, 2.75) is 19.8 Å². The van der Waals surface area contributed by atoms with Gasteiger partial charge in [-0.3, -0.25) is 0 Å². The van der Waals surface area contributed by atoms with E-state index >= 15 is 0 Å². The van der Waals surface area contributed by atoms with Gasteiger partial charge in [0.2, 0.25) is 0 Å². The molecule has 0 bridgehead atoms. The van der Waals surface area contributed by atoms with Crippen LogP contribution in [0, 0.1) is 0 Å². The normalized spacial score (nSPS) is 10.6. The van der Waals surface area contributed by atoms with Crippen molar-refractivity contribution in [1.29, 1.82) is 0 Å². The van der Waals surface area contributed by atoms with E-state index in [4.69, 9.17) is 11.6 Å². The molecule has 0 spiro atoms. The lowest BCUT2D eigenvalue weighted by atomic mass is 10.1. The van der Waals surface area contributed by atoms with Gasteiger partial charge in [0, 0.05) is 0 Å². The minimum Gasteiger partial charge on any atom is -0.154 e. The lowest BCUT2D eigenvalue weighted by Gasteiger charge is -2.02. The van der Waals surface area contributed by atoms with Crippen LogP contribution in [0.5, 0.6) is 0 Å². The number of aromatic nitrogens is 2. The van der Waals surface area contributed by atoms with Crippen molar-refractivity contribution in [2.75, 3.05) is 0 Å². The molecule has 0 atom stereocenters. The Morgan fingerprint density at radius 3 is 2.55 bits per heavy atom. The summed E-state index contributed by atoms with van der Waals surface area (Å²) < 4.78 is 0.804. The smallest absolute Gasteiger partial charge is 0.154 e. The van der Waals surface area contributed by atoms with Crippen molar-refractivity contribution in [3.8, 4) is 0 Å². The van der Waals surface area contributed by atoms with Crippen LogP contribution >= 0.6 is 27.5 Å². The van der Waals surface area contributed by atoms with Gasteiger partial charge in [0.05, 0.1) is 10.2 Å². The van der Waals surface area contributed by atoms with Crippen LogP contribution in [0.25, 0.3) is 0 Å². The van der Waals surface area contributed by atoms with Crippen LogP contribution in [0.15, 0.2) is 10.5 Å². The molecule has 4 heteroatoms. The molecule has 11 heavy (non-hydrogen) atoms. The lowest BCUT2D eigenvalue weighted by molar-refractivity contribution is 0.783. The van der Waals surface area contributed by atoms with Crippen LogP contribution in [-0.4, -0.2) is 10.2 Å². The Bertz CT molecular complexity index is 263. The van der Waals surface area contributed by atoms with Gasteiger partial charge < -0.3 is 0 Å². The molecule has 0 N–H and O–H groups in total. The third-order valence-electron chi connectivity index (χ3n) is 1.32. The minimum atomic E-state index is 0.385. The molecule has 1 heterocycles. The summed E-state index contributed by atoms with van der Waals surface area (Å²) in [6.45, 7) is 4.12. The van der Waals surface area contributed by atoms with E-state index < -0.39 is 0 Å². The van der Waals surface area contributed by atoms with E-state index in [1.54, 1.807) is 0 Å². The third-order valence-corrected chi connectivity index (χ3v) is 2.43. The monoisotopic (exact) mass is 234 g/mol. The molecule has 1 rings (SSSR count). The van der Waals surface area contributed by atoms with Crippen molar-refractivity contribution >= 4 is 27.5 Å². The van der Waals surface area contributed by atoms with Crippen LogP contribution in [0.1, 0.15) is 25.5 Å². The van der Waals surface area contributed by atoms with Gasteiger partial charge in [-0.2, -0.15) is 5.10 Å².